The van der Waals surface area contributed by atoms with Crippen molar-refractivity contribution in [3.63, 3.8) is 0 Å². The second kappa shape index (κ2) is 12.3. The summed E-state index contributed by atoms with van der Waals surface area (Å²) in [6.07, 6.45) is 0.457. The van der Waals surface area contributed by atoms with E-state index in [-0.39, 0.29) is 43.6 Å². The molecule has 1 N–H and O–H groups in total. The van der Waals surface area contributed by atoms with Crippen LogP contribution in [0.25, 0.3) is 0 Å². The van der Waals surface area contributed by atoms with Crippen LogP contribution in [-0.4, -0.2) is 66.9 Å². The SMILES string of the molecule is COc1cc(C#N)ccc1N1CCN(Cc2ccc(COc3cccc4c3CN([C@H]3CCC(=O)NC3=O)C4=O)c(F)c2)CC1. The van der Waals surface area contributed by atoms with Gasteiger partial charge in [0.15, 0.2) is 0 Å². The summed E-state index contributed by atoms with van der Waals surface area (Å²) in [4.78, 5) is 43.0. The largest absolute Gasteiger partial charge is 0.495 e. The Hall–Kier alpha value is -4.95. The minimum atomic E-state index is -0.716. The summed E-state index contributed by atoms with van der Waals surface area (Å²) in [5.74, 6) is -0.317. The first-order valence-corrected chi connectivity index (χ1v) is 14.6. The molecule has 0 unspecified atom stereocenters. The summed E-state index contributed by atoms with van der Waals surface area (Å²) >= 11 is 0. The van der Waals surface area contributed by atoms with Crippen LogP contribution in [0.15, 0.2) is 54.6 Å². The van der Waals surface area contributed by atoms with Crippen LogP contribution < -0.4 is 19.7 Å². The van der Waals surface area contributed by atoms with Crippen molar-refractivity contribution in [2.75, 3.05) is 38.2 Å². The molecule has 3 amide bonds. The molecule has 0 aliphatic carbocycles. The number of hydrogen-bond acceptors (Lipinski definition) is 8. The van der Waals surface area contributed by atoms with Gasteiger partial charge in [-0.15, -0.1) is 0 Å². The van der Waals surface area contributed by atoms with Crippen molar-refractivity contribution in [1.29, 1.82) is 5.26 Å². The van der Waals surface area contributed by atoms with E-state index in [1.807, 2.05) is 12.1 Å². The normalized spacial score (nSPS) is 18.6. The van der Waals surface area contributed by atoms with Crippen molar-refractivity contribution in [2.24, 2.45) is 0 Å². The number of halogens is 1. The molecule has 0 bridgehead atoms. The maximum Gasteiger partial charge on any atom is 0.255 e. The predicted molar refractivity (Wildman–Crippen MR) is 158 cm³/mol. The lowest BCUT2D eigenvalue weighted by atomic mass is 10.0. The Morgan fingerprint density at radius 1 is 1.02 bits per heavy atom. The average molecular weight is 598 g/mol. The number of piperidine rings is 1. The quantitative estimate of drug-likeness (QED) is 0.393. The Morgan fingerprint density at radius 3 is 2.57 bits per heavy atom. The maximum atomic E-state index is 15.2. The fourth-order valence-corrected chi connectivity index (χ4v) is 6.07. The smallest absolute Gasteiger partial charge is 0.255 e. The number of rotatable bonds is 8. The van der Waals surface area contributed by atoms with E-state index in [1.54, 1.807) is 49.6 Å². The van der Waals surface area contributed by atoms with Crippen LogP contribution in [0.2, 0.25) is 0 Å². The van der Waals surface area contributed by atoms with Crippen LogP contribution >= 0.6 is 0 Å². The van der Waals surface area contributed by atoms with Crippen molar-refractivity contribution in [1.82, 2.24) is 15.1 Å². The van der Waals surface area contributed by atoms with E-state index in [9.17, 15) is 14.4 Å². The molecule has 3 aliphatic rings. The van der Waals surface area contributed by atoms with Gasteiger partial charge in [-0.2, -0.15) is 5.26 Å². The molecule has 6 rings (SSSR count). The molecule has 0 spiro atoms. The standard InChI is InChI=1S/C33H32FN5O5/c1-43-30-16-21(17-35)6-8-27(30)38-13-11-37(12-14-38)18-22-5-7-23(26(34)15-22)20-44-29-4-2-3-24-25(29)19-39(33(24)42)28-9-10-31(40)36-32(28)41/h2-8,15-16,28H,9-14,18-20H2,1H3,(H,36,40,41)/t28-/m0/s1. The Bertz CT molecular complexity index is 1660. The van der Waals surface area contributed by atoms with Gasteiger partial charge >= 0.3 is 0 Å². The lowest BCUT2D eigenvalue weighted by molar-refractivity contribution is -0.136. The number of imide groups is 1. The van der Waals surface area contributed by atoms with Gasteiger partial charge in [0.25, 0.3) is 5.91 Å². The number of carbonyl (C=O) groups is 3. The van der Waals surface area contributed by atoms with Crippen molar-refractivity contribution in [3.8, 4) is 17.6 Å². The number of carbonyl (C=O) groups excluding carboxylic acids is 3. The third-order valence-corrected chi connectivity index (χ3v) is 8.47. The topological polar surface area (TPSA) is 115 Å². The van der Waals surface area contributed by atoms with Crippen LogP contribution in [0, 0.1) is 17.1 Å². The molecular formula is C33H32FN5O5. The van der Waals surface area contributed by atoms with Crippen molar-refractivity contribution < 1.29 is 28.2 Å². The molecule has 3 aliphatic heterocycles. The lowest BCUT2D eigenvalue weighted by Crippen LogP contribution is -2.52. The molecule has 10 nitrogen and oxygen atoms in total. The number of piperazine rings is 1. The van der Waals surface area contributed by atoms with E-state index in [0.29, 0.717) is 40.3 Å². The average Bonchev–Trinajstić information content (AvgIpc) is 3.37. The number of fused-ring (bicyclic) bond motifs is 1. The molecule has 226 valence electrons. The first kappa shape index (κ1) is 29.1. The lowest BCUT2D eigenvalue weighted by Gasteiger charge is -2.36. The van der Waals surface area contributed by atoms with Crippen LogP contribution in [0.1, 0.15) is 45.5 Å². The zero-order chi connectivity index (χ0) is 30.8. The Balaban J connectivity index is 1.05. The third kappa shape index (κ3) is 5.81. The first-order valence-electron chi connectivity index (χ1n) is 14.6. The number of anilines is 1. The molecule has 44 heavy (non-hydrogen) atoms. The first-order chi connectivity index (χ1) is 21.3. The highest BCUT2D eigenvalue weighted by molar-refractivity contribution is 6.05. The Morgan fingerprint density at radius 2 is 1.84 bits per heavy atom. The molecule has 3 heterocycles. The van der Waals surface area contributed by atoms with Crippen molar-refractivity contribution >= 4 is 23.4 Å². The molecule has 1 atom stereocenters. The number of nitrogens with zero attached hydrogens (tertiary/aromatic N) is 4. The van der Waals surface area contributed by atoms with Gasteiger partial charge in [0.2, 0.25) is 11.8 Å². The van der Waals surface area contributed by atoms with E-state index in [1.165, 1.54) is 4.90 Å². The number of methoxy groups -OCH3 is 1. The number of amides is 3. The third-order valence-electron chi connectivity index (χ3n) is 8.47. The summed E-state index contributed by atoms with van der Waals surface area (Å²) in [6, 6.07) is 17.2. The molecule has 11 heteroatoms. The molecule has 0 radical (unpaired) electrons. The summed E-state index contributed by atoms with van der Waals surface area (Å²) in [6.45, 7) is 3.93. The van der Waals surface area contributed by atoms with Crippen LogP contribution in [0.3, 0.4) is 0 Å². The molecule has 2 fully saturated rings. The molecule has 0 saturated carbocycles. The van der Waals surface area contributed by atoms with Gasteiger partial charge in [0, 0.05) is 61.9 Å². The number of nitriles is 1. The highest BCUT2D eigenvalue weighted by atomic mass is 19.1. The predicted octanol–water partition coefficient (Wildman–Crippen LogP) is 3.37. The van der Waals surface area contributed by atoms with E-state index < -0.39 is 11.9 Å². The maximum absolute atomic E-state index is 15.2. The molecule has 3 aromatic rings. The van der Waals surface area contributed by atoms with Gasteiger partial charge in [-0.25, -0.2) is 4.39 Å². The molecule has 0 aromatic heterocycles. The number of benzene rings is 3. The molecule has 2 saturated heterocycles. The van der Waals surface area contributed by atoms with Crippen molar-refractivity contribution in [3.05, 3.63) is 88.2 Å². The number of nitrogens with one attached hydrogen (secondary N) is 1. The molecular weight excluding hydrogens is 565 g/mol. The Labute approximate surface area is 254 Å². The fourth-order valence-electron chi connectivity index (χ4n) is 6.07. The van der Waals surface area contributed by atoms with E-state index in [4.69, 9.17) is 14.7 Å². The number of ether oxygens (including phenoxy) is 2. The summed E-state index contributed by atoms with van der Waals surface area (Å²) < 4.78 is 26.7. The zero-order valence-corrected chi connectivity index (χ0v) is 24.3. The monoisotopic (exact) mass is 597 g/mol. The van der Waals surface area contributed by atoms with Gasteiger partial charge in [-0.1, -0.05) is 18.2 Å². The van der Waals surface area contributed by atoms with E-state index in [0.717, 1.165) is 37.4 Å². The van der Waals surface area contributed by atoms with Crippen molar-refractivity contribution in [2.45, 2.75) is 38.6 Å². The van der Waals surface area contributed by atoms with E-state index in [2.05, 4.69) is 21.2 Å². The zero-order valence-electron chi connectivity index (χ0n) is 24.3. The summed E-state index contributed by atoms with van der Waals surface area (Å²) in [5.41, 5.74) is 3.87. The van der Waals surface area contributed by atoms with Crippen LogP contribution in [-0.2, 0) is 29.3 Å². The van der Waals surface area contributed by atoms with E-state index >= 15 is 4.39 Å². The Kier molecular flexibility index (Phi) is 8.17. The summed E-state index contributed by atoms with van der Waals surface area (Å²) in [7, 11) is 1.60. The van der Waals surface area contributed by atoms with Gasteiger partial charge in [0.05, 0.1) is 31.0 Å². The highest BCUT2D eigenvalue weighted by Gasteiger charge is 2.40. The van der Waals surface area contributed by atoms with Crippen LogP contribution in [0.4, 0.5) is 10.1 Å². The molecule has 3 aromatic carbocycles. The van der Waals surface area contributed by atoms with Gasteiger partial charge in [0.1, 0.15) is 30.0 Å². The second-order valence-electron chi connectivity index (χ2n) is 11.2. The van der Waals surface area contributed by atoms with Gasteiger partial charge < -0.3 is 19.3 Å². The fraction of sp³-hybridized carbons (Fsp3) is 0.333. The van der Waals surface area contributed by atoms with Gasteiger partial charge in [-0.3, -0.25) is 24.6 Å². The minimum absolute atomic E-state index is 0.0136. The van der Waals surface area contributed by atoms with Crippen LogP contribution in [0.5, 0.6) is 11.5 Å². The minimum Gasteiger partial charge on any atom is -0.495 e. The highest BCUT2D eigenvalue weighted by Crippen LogP contribution is 2.34. The summed E-state index contributed by atoms with van der Waals surface area (Å²) in [5, 5.41) is 11.5. The number of hydrogen-bond donors (Lipinski definition) is 1. The second-order valence-corrected chi connectivity index (χ2v) is 11.2. The van der Waals surface area contributed by atoms with Gasteiger partial charge in [-0.05, 0) is 42.3 Å².